The van der Waals surface area contributed by atoms with Crippen LogP contribution < -0.4 is 15.1 Å². The summed E-state index contributed by atoms with van der Waals surface area (Å²) in [5.74, 6) is -1.67. The van der Waals surface area contributed by atoms with Gasteiger partial charge in [0, 0.05) is 36.5 Å². The van der Waals surface area contributed by atoms with E-state index in [-0.39, 0.29) is 11.3 Å². The summed E-state index contributed by atoms with van der Waals surface area (Å²) in [4.78, 5) is 51.4. The molecule has 158 valence electrons. The maximum absolute atomic E-state index is 13.1. The highest BCUT2D eigenvalue weighted by Gasteiger charge is 2.37. The number of imide groups is 2. The number of rotatable bonds is 4. The average Bonchev–Trinajstić information content (AvgIpc) is 2.77. The van der Waals surface area contributed by atoms with E-state index in [2.05, 4.69) is 5.32 Å². The third-order valence-electron chi connectivity index (χ3n) is 4.99. The Bertz CT molecular complexity index is 1090. The van der Waals surface area contributed by atoms with Crippen molar-refractivity contribution in [2.24, 2.45) is 0 Å². The molecule has 0 bridgehead atoms. The van der Waals surface area contributed by atoms with Gasteiger partial charge in [-0.05, 0) is 24.3 Å². The third-order valence-corrected chi connectivity index (χ3v) is 4.99. The molecule has 31 heavy (non-hydrogen) atoms. The number of para-hydroxylation sites is 1. The van der Waals surface area contributed by atoms with Crippen LogP contribution in [0.4, 0.5) is 21.9 Å². The zero-order chi connectivity index (χ0) is 22.0. The number of anilines is 2. The van der Waals surface area contributed by atoms with E-state index in [9.17, 15) is 24.5 Å². The van der Waals surface area contributed by atoms with Crippen molar-refractivity contribution in [1.82, 2.24) is 5.32 Å². The first-order valence-electron chi connectivity index (χ1n) is 9.53. The molecule has 0 aliphatic carbocycles. The number of nitro groups is 1. The molecule has 10 nitrogen and oxygen atoms in total. The zero-order valence-corrected chi connectivity index (χ0v) is 16.3. The molecule has 2 aliphatic heterocycles. The molecule has 4 amide bonds. The van der Waals surface area contributed by atoms with E-state index in [0.717, 1.165) is 4.90 Å². The van der Waals surface area contributed by atoms with Gasteiger partial charge in [-0.1, -0.05) is 18.2 Å². The van der Waals surface area contributed by atoms with Gasteiger partial charge in [-0.2, -0.15) is 0 Å². The number of hydrogen-bond acceptors (Lipinski definition) is 7. The second-order valence-electron chi connectivity index (χ2n) is 6.89. The molecule has 4 rings (SSSR count). The van der Waals surface area contributed by atoms with Gasteiger partial charge >= 0.3 is 6.03 Å². The molecule has 0 unspecified atom stereocenters. The molecule has 2 aliphatic rings. The molecule has 2 aromatic carbocycles. The summed E-state index contributed by atoms with van der Waals surface area (Å²) in [7, 11) is 0. The SMILES string of the molecule is O=C1NC(=O)N(c2ccccc2)C(=O)/C1=C\c1cc([N+](=O)[O-])ccc1N1CCOCC1. The van der Waals surface area contributed by atoms with E-state index in [4.69, 9.17) is 4.74 Å². The van der Waals surface area contributed by atoms with Crippen LogP contribution in [0.15, 0.2) is 54.1 Å². The quantitative estimate of drug-likeness (QED) is 0.346. The monoisotopic (exact) mass is 422 g/mol. The van der Waals surface area contributed by atoms with Crippen molar-refractivity contribution in [2.45, 2.75) is 0 Å². The standard InChI is InChI=1S/C21H18N4O6/c26-19-17(20(27)24(21(28)22-19)15-4-2-1-3-5-15)13-14-12-16(25(29)30)6-7-18(14)23-8-10-31-11-9-23/h1-7,12-13H,8-11H2,(H,22,26,28)/b17-13-. The number of urea groups is 1. The highest BCUT2D eigenvalue weighted by molar-refractivity contribution is 6.39. The molecule has 2 heterocycles. The smallest absolute Gasteiger partial charge is 0.335 e. The molecule has 2 saturated heterocycles. The lowest BCUT2D eigenvalue weighted by Crippen LogP contribution is -2.54. The Morgan fingerprint density at radius 2 is 1.74 bits per heavy atom. The topological polar surface area (TPSA) is 122 Å². The first-order chi connectivity index (χ1) is 15.0. The van der Waals surface area contributed by atoms with Crippen molar-refractivity contribution in [3.8, 4) is 0 Å². The number of hydrogen-bond donors (Lipinski definition) is 1. The fourth-order valence-electron chi connectivity index (χ4n) is 3.49. The van der Waals surface area contributed by atoms with Crippen LogP contribution in [0.25, 0.3) is 6.08 Å². The highest BCUT2D eigenvalue weighted by atomic mass is 16.6. The number of nitrogens with one attached hydrogen (secondary N) is 1. The average molecular weight is 422 g/mol. The van der Waals surface area contributed by atoms with Crippen LogP contribution in [0.3, 0.4) is 0 Å². The molecule has 10 heteroatoms. The molecular formula is C21H18N4O6. The van der Waals surface area contributed by atoms with Crippen molar-refractivity contribution in [3.63, 3.8) is 0 Å². The molecule has 1 N–H and O–H groups in total. The molecule has 0 atom stereocenters. The first-order valence-corrected chi connectivity index (χ1v) is 9.53. The van der Waals surface area contributed by atoms with Gasteiger partial charge in [0.15, 0.2) is 0 Å². The summed E-state index contributed by atoms with van der Waals surface area (Å²) in [6, 6.07) is 11.6. The lowest BCUT2D eigenvalue weighted by atomic mass is 10.0. The van der Waals surface area contributed by atoms with Gasteiger partial charge < -0.3 is 9.64 Å². The predicted molar refractivity (Wildman–Crippen MR) is 112 cm³/mol. The number of carbonyl (C=O) groups is 3. The van der Waals surface area contributed by atoms with E-state index in [0.29, 0.717) is 43.2 Å². The van der Waals surface area contributed by atoms with Crippen molar-refractivity contribution >= 4 is 41.0 Å². The first kappa shape index (κ1) is 20.2. The van der Waals surface area contributed by atoms with Crippen LogP contribution in [0, 0.1) is 10.1 Å². The second-order valence-corrected chi connectivity index (χ2v) is 6.89. The number of ether oxygens (including phenoxy) is 1. The molecule has 2 aromatic rings. The van der Waals surface area contributed by atoms with E-state index in [1.165, 1.54) is 18.2 Å². The minimum absolute atomic E-state index is 0.177. The molecule has 0 aromatic heterocycles. The van der Waals surface area contributed by atoms with Crippen LogP contribution in [-0.2, 0) is 14.3 Å². The lowest BCUT2D eigenvalue weighted by molar-refractivity contribution is -0.384. The number of nitro benzene ring substituents is 1. The number of amides is 4. The third kappa shape index (κ3) is 4.01. The summed E-state index contributed by atoms with van der Waals surface area (Å²) in [5.41, 5.74) is 0.792. The van der Waals surface area contributed by atoms with Gasteiger partial charge in [0.25, 0.3) is 17.5 Å². The molecular weight excluding hydrogens is 404 g/mol. The van der Waals surface area contributed by atoms with Crippen molar-refractivity contribution in [3.05, 3.63) is 69.8 Å². The molecule has 0 radical (unpaired) electrons. The minimum Gasteiger partial charge on any atom is -0.378 e. The zero-order valence-electron chi connectivity index (χ0n) is 16.3. The van der Waals surface area contributed by atoms with E-state index < -0.39 is 22.8 Å². The minimum atomic E-state index is -0.860. The van der Waals surface area contributed by atoms with Gasteiger partial charge in [-0.25, -0.2) is 9.69 Å². The molecule has 2 fully saturated rings. The van der Waals surface area contributed by atoms with E-state index in [1.807, 2.05) is 4.90 Å². The summed E-state index contributed by atoms with van der Waals surface area (Å²) in [5, 5.41) is 13.5. The Morgan fingerprint density at radius 3 is 2.42 bits per heavy atom. The van der Waals surface area contributed by atoms with Crippen molar-refractivity contribution in [1.29, 1.82) is 0 Å². The van der Waals surface area contributed by atoms with Gasteiger partial charge in [-0.3, -0.25) is 25.0 Å². The van der Waals surface area contributed by atoms with E-state index >= 15 is 0 Å². The fraction of sp³-hybridized carbons (Fsp3) is 0.190. The maximum atomic E-state index is 13.1. The normalized spacial score (nSPS) is 18.3. The molecule has 0 spiro atoms. The maximum Gasteiger partial charge on any atom is 0.335 e. The Kier molecular flexibility index (Phi) is 5.46. The summed E-state index contributed by atoms with van der Waals surface area (Å²) in [6.45, 7) is 2.09. The predicted octanol–water partition coefficient (Wildman–Crippen LogP) is 2.10. The van der Waals surface area contributed by atoms with Gasteiger partial charge in [0.05, 0.1) is 23.8 Å². The number of morpholine rings is 1. The van der Waals surface area contributed by atoms with Crippen molar-refractivity contribution < 1.29 is 24.0 Å². The Balaban J connectivity index is 1.79. The second kappa shape index (κ2) is 8.36. The van der Waals surface area contributed by atoms with Gasteiger partial charge in [0.1, 0.15) is 5.57 Å². The number of carbonyl (C=O) groups excluding carboxylic acids is 3. The summed E-state index contributed by atoms with van der Waals surface area (Å²) < 4.78 is 5.35. The fourth-order valence-corrected chi connectivity index (χ4v) is 3.49. The molecule has 0 saturated carbocycles. The van der Waals surface area contributed by atoms with Crippen LogP contribution in [0.1, 0.15) is 5.56 Å². The van der Waals surface area contributed by atoms with Crippen molar-refractivity contribution in [2.75, 3.05) is 36.1 Å². The number of barbiturate groups is 1. The van der Waals surface area contributed by atoms with E-state index in [1.54, 1.807) is 36.4 Å². The largest absolute Gasteiger partial charge is 0.378 e. The number of nitrogens with zero attached hydrogens (tertiary/aromatic N) is 3. The summed E-state index contributed by atoms with van der Waals surface area (Å²) >= 11 is 0. The Labute approximate surface area is 176 Å². The van der Waals surface area contributed by atoms with Crippen LogP contribution in [0.5, 0.6) is 0 Å². The van der Waals surface area contributed by atoms with Crippen LogP contribution >= 0.6 is 0 Å². The lowest BCUT2D eigenvalue weighted by Gasteiger charge is -2.30. The Morgan fingerprint density at radius 1 is 1.03 bits per heavy atom. The van der Waals surface area contributed by atoms with Crippen LogP contribution in [0.2, 0.25) is 0 Å². The van der Waals surface area contributed by atoms with Gasteiger partial charge in [0.2, 0.25) is 0 Å². The number of non-ortho nitro benzene ring substituents is 1. The Hall–Kier alpha value is -4.05. The van der Waals surface area contributed by atoms with Gasteiger partial charge in [-0.15, -0.1) is 0 Å². The summed E-state index contributed by atoms with van der Waals surface area (Å²) in [6.07, 6.45) is 1.29. The highest BCUT2D eigenvalue weighted by Crippen LogP contribution is 2.30. The number of benzene rings is 2. The van der Waals surface area contributed by atoms with Crippen LogP contribution in [-0.4, -0.2) is 49.1 Å².